The van der Waals surface area contributed by atoms with Crippen LogP contribution in [0.25, 0.3) is 11.1 Å². The van der Waals surface area contributed by atoms with Crippen molar-refractivity contribution < 1.29 is 28.2 Å². The van der Waals surface area contributed by atoms with Gasteiger partial charge in [0.25, 0.3) is 5.56 Å². The lowest BCUT2D eigenvalue weighted by atomic mass is 9.97. The molecule has 0 unspecified atom stereocenters. The number of pyridine rings is 1. The molecule has 3 rings (SSSR count). The highest BCUT2D eigenvalue weighted by Crippen LogP contribution is 2.28. The van der Waals surface area contributed by atoms with E-state index in [9.17, 15) is 28.3 Å². The Morgan fingerprint density at radius 3 is 2.62 bits per heavy atom. The minimum Gasteiger partial charge on any atom is -0.505 e. The van der Waals surface area contributed by atoms with Crippen molar-refractivity contribution in [1.82, 2.24) is 9.88 Å². The van der Waals surface area contributed by atoms with E-state index in [0.29, 0.717) is 11.1 Å². The minimum atomic E-state index is -0.919. The van der Waals surface area contributed by atoms with E-state index in [1.54, 1.807) is 31.2 Å². The highest BCUT2D eigenvalue weighted by Gasteiger charge is 2.22. The summed E-state index contributed by atoms with van der Waals surface area (Å²) in [6, 6.07) is 9.02. The van der Waals surface area contributed by atoms with Gasteiger partial charge >= 0.3 is 12.0 Å². The first kappa shape index (κ1) is 24.4. The molecule has 178 valence electrons. The summed E-state index contributed by atoms with van der Waals surface area (Å²) < 4.78 is 33.8. The van der Waals surface area contributed by atoms with Crippen LogP contribution >= 0.6 is 0 Å². The number of hydrogen-bond acceptors (Lipinski definition) is 5. The molecule has 0 aliphatic rings. The zero-order valence-corrected chi connectivity index (χ0v) is 18.5. The number of nitrogens with zero attached hydrogens (tertiary/aromatic N) is 1. The largest absolute Gasteiger partial charge is 0.505 e. The molecule has 1 atom stereocenters. The van der Waals surface area contributed by atoms with E-state index in [4.69, 9.17) is 4.74 Å². The Hall–Kier alpha value is -4.21. The third-order valence-electron chi connectivity index (χ3n) is 5.00. The fourth-order valence-electron chi connectivity index (χ4n) is 3.33. The number of aryl methyl sites for hydroxylation is 1. The number of carbonyl (C=O) groups excluding carboxylic acids is 2. The van der Waals surface area contributed by atoms with Gasteiger partial charge in [-0.1, -0.05) is 18.2 Å². The van der Waals surface area contributed by atoms with E-state index in [-0.39, 0.29) is 24.3 Å². The number of esters is 1. The Morgan fingerprint density at radius 2 is 1.91 bits per heavy atom. The zero-order chi connectivity index (χ0) is 24.8. The van der Waals surface area contributed by atoms with E-state index in [0.717, 1.165) is 12.1 Å². The number of hydrogen-bond donors (Lipinski definition) is 3. The Labute approximate surface area is 193 Å². The number of aromatic hydroxyl groups is 1. The highest BCUT2D eigenvalue weighted by atomic mass is 19.1. The minimum absolute atomic E-state index is 0.131. The van der Waals surface area contributed by atoms with Gasteiger partial charge in [0, 0.05) is 24.9 Å². The average molecular weight is 471 g/mol. The standard InChI is InChI=1S/C24H23F2N3O5/c1-3-34-21(31)13-19(27-24(33)28-22-20(30)9-10-29(2)23(22)32)15-6-4-5-14(11-15)17-8-7-16(25)12-18(17)26/h4-12,19,30H,3,13H2,1-2H3,(H2,27,28,33)/t19-/m0/s1. The monoisotopic (exact) mass is 471 g/mol. The fraction of sp³-hybridized carbons (Fsp3) is 0.208. The first-order valence-electron chi connectivity index (χ1n) is 10.4. The van der Waals surface area contributed by atoms with Gasteiger partial charge in [-0.25, -0.2) is 13.6 Å². The number of rotatable bonds is 7. The summed E-state index contributed by atoms with van der Waals surface area (Å²) in [5.41, 5.74) is 0.0148. The molecule has 3 aromatic rings. The Morgan fingerprint density at radius 1 is 1.15 bits per heavy atom. The predicted octanol–water partition coefficient (Wildman–Crippen LogP) is 3.85. The summed E-state index contributed by atoms with van der Waals surface area (Å²) >= 11 is 0. The van der Waals surface area contributed by atoms with Crippen molar-refractivity contribution in [2.75, 3.05) is 11.9 Å². The van der Waals surface area contributed by atoms with Crippen LogP contribution in [0.2, 0.25) is 0 Å². The second kappa shape index (κ2) is 10.6. The van der Waals surface area contributed by atoms with Gasteiger partial charge in [-0.2, -0.15) is 0 Å². The SMILES string of the molecule is CCOC(=O)C[C@H](NC(=O)Nc1c(O)ccn(C)c1=O)c1cccc(-c2ccc(F)cc2F)c1. The molecule has 10 heteroatoms. The van der Waals surface area contributed by atoms with Crippen LogP contribution in [0.1, 0.15) is 24.9 Å². The molecule has 3 N–H and O–H groups in total. The number of aromatic nitrogens is 1. The normalized spacial score (nSPS) is 11.5. The van der Waals surface area contributed by atoms with Crippen LogP contribution in [-0.2, 0) is 16.6 Å². The van der Waals surface area contributed by atoms with Crippen molar-refractivity contribution in [2.45, 2.75) is 19.4 Å². The van der Waals surface area contributed by atoms with Gasteiger partial charge in [0.15, 0.2) is 5.69 Å². The average Bonchev–Trinajstić information content (AvgIpc) is 2.79. The van der Waals surface area contributed by atoms with E-state index in [2.05, 4.69) is 10.6 Å². The number of anilines is 1. The van der Waals surface area contributed by atoms with Gasteiger partial charge in [0.05, 0.1) is 19.1 Å². The van der Waals surface area contributed by atoms with Gasteiger partial charge in [0.2, 0.25) is 0 Å². The lowest BCUT2D eigenvalue weighted by Crippen LogP contribution is -2.36. The molecule has 0 saturated carbocycles. The van der Waals surface area contributed by atoms with E-state index >= 15 is 0 Å². The third kappa shape index (κ3) is 5.77. The molecule has 0 aliphatic heterocycles. The number of halogens is 2. The van der Waals surface area contributed by atoms with E-state index in [1.165, 1.54) is 29.9 Å². The Balaban J connectivity index is 1.91. The number of benzene rings is 2. The fourth-order valence-corrected chi connectivity index (χ4v) is 3.33. The number of ether oxygens (including phenoxy) is 1. The van der Waals surface area contributed by atoms with Gasteiger partial charge in [0.1, 0.15) is 17.4 Å². The molecule has 8 nitrogen and oxygen atoms in total. The molecular weight excluding hydrogens is 448 g/mol. The van der Waals surface area contributed by atoms with Crippen LogP contribution in [0.3, 0.4) is 0 Å². The van der Waals surface area contributed by atoms with Crippen molar-refractivity contribution >= 4 is 17.7 Å². The van der Waals surface area contributed by atoms with Crippen LogP contribution in [0, 0.1) is 11.6 Å². The lowest BCUT2D eigenvalue weighted by Gasteiger charge is -2.20. The Bertz CT molecular complexity index is 1280. The van der Waals surface area contributed by atoms with Crippen LogP contribution in [0.5, 0.6) is 5.75 Å². The molecule has 0 bridgehead atoms. The summed E-state index contributed by atoms with van der Waals surface area (Å²) in [5.74, 6) is -2.50. The highest BCUT2D eigenvalue weighted by molar-refractivity contribution is 5.91. The molecule has 1 aromatic heterocycles. The summed E-state index contributed by atoms with van der Waals surface area (Å²) in [6.07, 6.45) is 1.08. The second-order valence-corrected chi connectivity index (χ2v) is 7.40. The molecule has 0 spiro atoms. The molecule has 0 aliphatic carbocycles. The van der Waals surface area contributed by atoms with Crippen LogP contribution in [0.4, 0.5) is 19.3 Å². The van der Waals surface area contributed by atoms with Gasteiger partial charge in [-0.3, -0.25) is 9.59 Å². The van der Waals surface area contributed by atoms with Crippen molar-refractivity contribution in [3.63, 3.8) is 0 Å². The lowest BCUT2D eigenvalue weighted by molar-refractivity contribution is -0.143. The van der Waals surface area contributed by atoms with Gasteiger partial charge < -0.3 is 25.0 Å². The number of nitrogens with one attached hydrogen (secondary N) is 2. The topological polar surface area (TPSA) is 110 Å². The van der Waals surface area contributed by atoms with Crippen molar-refractivity contribution in [3.05, 3.63) is 82.3 Å². The Kier molecular flexibility index (Phi) is 7.62. The smallest absolute Gasteiger partial charge is 0.319 e. The van der Waals surface area contributed by atoms with E-state index in [1.807, 2.05) is 0 Å². The number of carbonyl (C=O) groups is 2. The molecule has 2 amide bonds. The maximum atomic E-state index is 14.3. The zero-order valence-electron chi connectivity index (χ0n) is 18.5. The van der Waals surface area contributed by atoms with Crippen LogP contribution < -0.4 is 16.2 Å². The maximum Gasteiger partial charge on any atom is 0.319 e. The molecule has 0 radical (unpaired) electrons. The second-order valence-electron chi connectivity index (χ2n) is 7.40. The molecule has 2 aromatic carbocycles. The molecule has 34 heavy (non-hydrogen) atoms. The summed E-state index contributed by atoms with van der Waals surface area (Å²) in [6.45, 7) is 1.77. The maximum absolute atomic E-state index is 14.3. The van der Waals surface area contributed by atoms with Gasteiger partial charge in [-0.15, -0.1) is 0 Å². The van der Waals surface area contributed by atoms with Crippen molar-refractivity contribution in [1.29, 1.82) is 0 Å². The van der Waals surface area contributed by atoms with Crippen molar-refractivity contribution in [3.8, 4) is 16.9 Å². The van der Waals surface area contributed by atoms with Crippen molar-refractivity contribution in [2.24, 2.45) is 7.05 Å². The molecule has 0 fully saturated rings. The van der Waals surface area contributed by atoms with E-state index < -0.39 is 41.0 Å². The first-order chi connectivity index (χ1) is 16.2. The predicted molar refractivity (Wildman–Crippen MR) is 121 cm³/mol. The first-order valence-corrected chi connectivity index (χ1v) is 10.4. The summed E-state index contributed by atoms with van der Waals surface area (Å²) in [4.78, 5) is 37.1. The summed E-state index contributed by atoms with van der Waals surface area (Å²) in [5, 5.41) is 14.8. The van der Waals surface area contributed by atoms with Gasteiger partial charge in [-0.05, 0) is 42.3 Å². The number of amides is 2. The molecule has 1 heterocycles. The number of urea groups is 1. The van der Waals surface area contributed by atoms with Crippen LogP contribution in [0.15, 0.2) is 59.5 Å². The molecular formula is C24H23F2N3O5. The molecule has 0 saturated heterocycles. The van der Waals surface area contributed by atoms with Crippen LogP contribution in [-0.4, -0.2) is 28.3 Å². The summed E-state index contributed by atoms with van der Waals surface area (Å²) in [7, 11) is 1.45. The quantitative estimate of drug-likeness (QED) is 0.454. The third-order valence-corrected chi connectivity index (χ3v) is 5.00.